The minimum absolute atomic E-state index is 0.185. The van der Waals surface area contributed by atoms with Crippen LogP contribution in [-0.2, 0) is 23.9 Å². The standard InChI is InChI=1S/C18H24N6O/c1-22-14-20-11-15(22)13-24-10-4-5-18(24,16-12-19-6-7-21-16)17(25)23-8-2-3-9-23/h6-7,11-12,14H,2-5,8-10,13H2,1H3. The minimum Gasteiger partial charge on any atom is -0.341 e. The Morgan fingerprint density at radius 3 is 2.64 bits per heavy atom. The van der Waals surface area contributed by atoms with Crippen molar-refractivity contribution < 1.29 is 4.79 Å². The summed E-state index contributed by atoms with van der Waals surface area (Å²) in [5.74, 6) is 0.185. The van der Waals surface area contributed by atoms with Gasteiger partial charge in [0.25, 0.3) is 0 Å². The third kappa shape index (κ3) is 2.72. The van der Waals surface area contributed by atoms with E-state index in [2.05, 4.69) is 19.9 Å². The van der Waals surface area contributed by atoms with Gasteiger partial charge >= 0.3 is 0 Å². The summed E-state index contributed by atoms with van der Waals surface area (Å²) in [4.78, 5) is 30.9. The zero-order valence-corrected chi connectivity index (χ0v) is 14.6. The van der Waals surface area contributed by atoms with Gasteiger partial charge in [-0.05, 0) is 25.7 Å². The van der Waals surface area contributed by atoms with Gasteiger partial charge in [-0.1, -0.05) is 0 Å². The molecule has 0 N–H and O–H groups in total. The Balaban J connectivity index is 1.74. The average Bonchev–Trinajstić information content (AvgIpc) is 3.38. The fraction of sp³-hybridized carbons (Fsp3) is 0.556. The molecule has 0 aromatic carbocycles. The molecule has 7 nitrogen and oxygen atoms in total. The first-order valence-corrected chi connectivity index (χ1v) is 8.98. The maximum Gasteiger partial charge on any atom is 0.249 e. The third-order valence-electron chi connectivity index (χ3n) is 5.51. The first kappa shape index (κ1) is 16.2. The van der Waals surface area contributed by atoms with Crippen molar-refractivity contribution >= 4 is 5.91 Å². The molecule has 0 saturated carbocycles. The number of rotatable bonds is 4. The number of amides is 1. The average molecular weight is 340 g/mol. The number of aromatic nitrogens is 4. The highest BCUT2D eigenvalue weighted by atomic mass is 16.2. The quantitative estimate of drug-likeness (QED) is 0.840. The van der Waals surface area contributed by atoms with Crippen LogP contribution >= 0.6 is 0 Å². The van der Waals surface area contributed by atoms with Gasteiger partial charge in [-0.15, -0.1) is 0 Å². The molecular weight excluding hydrogens is 316 g/mol. The summed E-state index contributed by atoms with van der Waals surface area (Å²) >= 11 is 0. The lowest BCUT2D eigenvalue weighted by molar-refractivity contribution is -0.143. The lowest BCUT2D eigenvalue weighted by Gasteiger charge is -2.39. The van der Waals surface area contributed by atoms with Crippen LogP contribution in [0.25, 0.3) is 0 Å². The maximum atomic E-state index is 13.6. The van der Waals surface area contributed by atoms with E-state index in [4.69, 9.17) is 0 Å². The van der Waals surface area contributed by atoms with Crippen LogP contribution in [0.5, 0.6) is 0 Å². The Bertz CT molecular complexity index is 739. The van der Waals surface area contributed by atoms with Crippen LogP contribution in [0.4, 0.5) is 0 Å². The molecule has 2 aliphatic heterocycles. The zero-order valence-electron chi connectivity index (χ0n) is 14.6. The lowest BCUT2D eigenvalue weighted by atomic mass is 9.90. The molecule has 0 radical (unpaired) electrons. The summed E-state index contributed by atoms with van der Waals surface area (Å²) < 4.78 is 2.01. The molecule has 2 fully saturated rings. The largest absolute Gasteiger partial charge is 0.341 e. The molecule has 1 atom stereocenters. The molecule has 1 amide bonds. The molecule has 2 aromatic heterocycles. The number of likely N-dealkylation sites (tertiary alicyclic amines) is 2. The van der Waals surface area contributed by atoms with E-state index in [1.54, 1.807) is 24.9 Å². The molecule has 2 aliphatic rings. The van der Waals surface area contributed by atoms with Crippen LogP contribution in [0.1, 0.15) is 37.1 Å². The fourth-order valence-corrected chi connectivity index (χ4v) is 4.16. The van der Waals surface area contributed by atoms with Gasteiger partial charge in [0.15, 0.2) is 0 Å². The summed E-state index contributed by atoms with van der Waals surface area (Å²) in [6.07, 6.45) is 12.7. The molecule has 2 saturated heterocycles. The Kier molecular flexibility index (Phi) is 4.25. The number of hydrogen-bond donors (Lipinski definition) is 0. The van der Waals surface area contributed by atoms with E-state index in [1.165, 1.54) is 0 Å². The normalized spacial score (nSPS) is 24.1. The molecular formula is C18H24N6O. The summed E-state index contributed by atoms with van der Waals surface area (Å²) in [6.45, 7) is 3.26. The number of hydrogen-bond acceptors (Lipinski definition) is 5. The van der Waals surface area contributed by atoms with E-state index in [0.717, 1.165) is 56.7 Å². The Labute approximate surface area is 147 Å². The van der Waals surface area contributed by atoms with Crippen molar-refractivity contribution in [3.8, 4) is 0 Å². The lowest BCUT2D eigenvalue weighted by Crippen LogP contribution is -2.54. The van der Waals surface area contributed by atoms with E-state index in [1.807, 2.05) is 22.7 Å². The second-order valence-corrected chi connectivity index (χ2v) is 6.97. The van der Waals surface area contributed by atoms with Gasteiger partial charge in [0.05, 0.1) is 23.9 Å². The van der Waals surface area contributed by atoms with E-state index in [9.17, 15) is 4.79 Å². The zero-order chi connectivity index (χ0) is 17.3. The highest BCUT2D eigenvalue weighted by molar-refractivity contribution is 5.87. The monoisotopic (exact) mass is 340 g/mol. The molecule has 4 heterocycles. The molecule has 2 aromatic rings. The maximum absolute atomic E-state index is 13.6. The molecule has 0 aliphatic carbocycles. The van der Waals surface area contributed by atoms with E-state index >= 15 is 0 Å². The van der Waals surface area contributed by atoms with Crippen molar-refractivity contribution in [2.24, 2.45) is 7.05 Å². The number of carbonyl (C=O) groups is 1. The van der Waals surface area contributed by atoms with Crippen molar-refractivity contribution in [2.75, 3.05) is 19.6 Å². The van der Waals surface area contributed by atoms with Crippen molar-refractivity contribution in [1.29, 1.82) is 0 Å². The Morgan fingerprint density at radius 2 is 1.96 bits per heavy atom. The SMILES string of the molecule is Cn1cncc1CN1CCCC1(C(=O)N1CCCC1)c1cnccn1. The van der Waals surface area contributed by atoms with Crippen molar-refractivity contribution in [3.05, 3.63) is 42.5 Å². The molecule has 0 spiro atoms. The van der Waals surface area contributed by atoms with Crippen LogP contribution in [0, 0.1) is 0 Å². The summed E-state index contributed by atoms with van der Waals surface area (Å²) in [5.41, 5.74) is 1.17. The van der Waals surface area contributed by atoms with Gasteiger partial charge in [-0.2, -0.15) is 0 Å². The molecule has 4 rings (SSSR count). The predicted octanol–water partition coefficient (Wildman–Crippen LogP) is 1.32. The van der Waals surface area contributed by atoms with Crippen LogP contribution in [-0.4, -0.2) is 54.9 Å². The van der Waals surface area contributed by atoms with Crippen LogP contribution in [0.15, 0.2) is 31.1 Å². The number of imidazole rings is 1. The first-order chi connectivity index (χ1) is 12.2. The van der Waals surface area contributed by atoms with Crippen LogP contribution in [0.2, 0.25) is 0 Å². The van der Waals surface area contributed by atoms with Crippen molar-refractivity contribution in [3.63, 3.8) is 0 Å². The highest BCUT2D eigenvalue weighted by Gasteiger charge is 2.52. The summed E-state index contributed by atoms with van der Waals surface area (Å²) in [5, 5.41) is 0. The van der Waals surface area contributed by atoms with E-state index < -0.39 is 5.54 Å². The molecule has 132 valence electrons. The molecule has 1 unspecified atom stereocenters. The Morgan fingerprint density at radius 1 is 1.12 bits per heavy atom. The fourth-order valence-electron chi connectivity index (χ4n) is 4.16. The predicted molar refractivity (Wildman–Crippen MR) is 92.4 cm³/mol. The Hall–Kier alpha value is -2.28. The highest BCUT2D eigenvalue weighted by Crippen LogP contribution is 2.41. The van der Waals surface area contributed by atoms with E-state index in [-0.39, 0.29) is 5.91 Å². The first-order valence-electron chi connectivity index (χ1n) is 8.98. The second-order valence-electron chi connectivity index (χ2n) is 6.97. The van der Waals surface area contributed by atoms with Gasteiger partial charge < -0.3 is 9.47 Å². The van der Waals surface area contributed by atoms with Gasteiger partial charge in [-0.3, -0.25) is 19.7 Å². The van der Waals surface area contributed by atoms with Crippen LogP contribution < -0.4 is 0 Å². The minimum atomic E-state index is -0.705. The second kappa shape index (κ2) is 6.55. The topological polar surface area (TPSA) is 67.2 Å². The summed E-state index contributed by atoms with van der Waals surface area (Å²) in [7, 11) is 1.99. The van der Waals surface area contributed by atoms with Gasteiger partial charge in [0, 0.05) is 51.8 Å². The smallest absolute Gasteiger partial charge is 0.249 e. The molecule has 7 heteroatoms. The van der Waals surface area contributed by atoms with Gasteiger partial charge in [0.1, 0.15) is 5.54 Å². The third-order valence-corrected chi connectivity index (χ3v) is 5.51. The van der Waals surface area contributed by atoms with Gasteiger partial charge in [-0.25, -0.2) is 4.98 Å². The molecule has 25 heavy (non-hydrogen) atoms. The van der Waals surface area contributed by atoms with E-state index in [0.29, 0.717) is 6.54 Å². The van der Waals surface area contributed by atoms with Crippen LogP contribution in [0.3, 0.4) is 0 Å². The van der Waals surface area contributed by atoms with Gasteiger partial charge in [0.2, 0.25) is 5.91 Å². The number of carbonyl (C=O) groups excluding carboxylic acids is 1. The number of aryl methyl sites for hydroxylation is 1. The number of nitrogens with zero attached hydrogens (tertiary/aromatic N) is 6. The molecule has 0 bridgehead atoms. The van der Waals surface area contributed by atoms with Crippen molar-refractivity contribution in [1.82, 2.24) is 29.3 Å². The van der Waals surface area contributed by atoms with Crippen molar-refractivity contribution in [2.45, 2.75) is 37.8 Å². The summed E-state index contributed by atoms with van der Waals surface area (Å²) in [6, 6.07) is 0.